The number of rotatable bonds is 2. The minimum absolute atomic E-state index is 0.532. The topological polar surface area (TPSA) is 38.9 Å². The molecule has 6 heteroatoms. The second kappa shape index (κ2) is 5.02. The molecule has 0 aliphatic rings. The maximum Gasteiger partial charge on any atom is 0.180 e. The van der Waals surface area contributed by atoms with Crippen molar-refractivity contribution >= 4 is 51.3 Å². The fourth-order valence-corrected chi connectivity index (χ4v) is 3.31. The fraction of sp³-hybridized carbons (Fsp3) is 0.182. The van der Waals surface area contributed by atoms with Crippen molar-refractivity contribution < 1.29 is 0 Å². The molecule has 1 aromatic heterocycles. The van der Waals surface area contributed by atoms with Crippen LogP contribution >= 0.6 is 46.1 Å². The van der Waals surface area contributed by atoms with Gasteiger partial charge in [-0.3, -0.25) is 0 Å². The molecule has 2 nitrogen and oxygen atoms in total. The zero-order chi connectivity index (χ0) is 12.6. The van der Waals surface area contributed by atoms with Crippen LogP contribution in [0.15, 0.2) is 12.1 Å². The molecule has 1 aromatic carbocycles. The molecule has 0 bridgehead atoms. The first kappa shape index (κ1) is 13.0. The summed E-state index contributed by atoms with van der Waals surface area (Å²) >= 11 is 19.6. The normalized spacial score (nSPS) is 10.8. The highest BCUT2D eigenvalue weighted by molar-refractivity contribution is 7.15. The van der Waals surface area contributed by atoms with Gasteiger partial charge in [0.15, 0.2) is 5.13 Å². The van der Waals surface area contributed by atoms with E-state index in [2.05, 4.69) is 4.98 Å². The summed E-state index contributed by atoms with van der Waals surface area (Å²) in [5.41, 5.74) is 7.42. The van der Waals surface area contributed by atoms with Gasteiger partial charge in [-0.25, -0.2) is 4.98 Å². The number of benzene rings is 1. The lowest BCUT2D eigenvalue weighted by Gasteiger charge is -2.06. The molecule has 2 aromatic rings. The maximum atomic E-state index is 6.13. The molecule has 0 atom stereocenters. The van der Waals surface area contributed by atoms with Gasteiger partial charge in [-0.15, -0.1) is 11.3 Å². The molecule has 0 aliphatic heterocycles. The van der Waals surface area contributed by atoms with Gasteiger partial charge in [0.05, 0.1) is 5.69 Å². The highest BCUT2D eigenvalue weighted by Crippen LogP contribution is 2.33. The summed E-state index contributed by atoms with van der Waals surface area (Å²) in [5.74, 6) is 0. The summed E-state index contributed by atoms with van der Waals surface area (Å²) in [5, 5.41) is 2.21. The van der Waals surface area contributed by atoms with Crippen molar-refractivity contribution in [3.8, 4) is 0 Å². The lowest BCUT2D eigenvalue weighted by molar-refractivity contribution is 1.15. The van der Waals surface area contributed by atoms with Crippen LogP contribution in [0.5, 0.6) is 0 Å². The number of nitrogen functional groups attached to an aromatic ring is 1. The van der Waals surface area contributed by atoms with Gasteiger partial charge < -0.3 is 5.73 Å². The number of hydrogen-bond acceptors (Lipinski definition) is 3. The van der Waals surface area contributed by atoms with Crippen molar-refractivity contribution in [2.45, 2.75) is 13.3 Å². The standard InChI is InChI=1S/C11H9Cl3N2S/c1-5-10(17-11(15)16-5)4-7-8(13)2-6(12)3-9(7)14/h2-3H,4H2,1H3,(H2,15,16). The Morgan fingerprint density at radius 3 is 2.29 bits per heavy atom. The van der Waals surface area contributed by atoms with Crippen LogP contribution in [0.2, 0.25) is 15.1 Å². The summed E-state index contributed by atoms with van der Waals surface area (Å²) in [6, 6.07) is 3.37. The second-order valence-corrected chi connectivity index (χ2v) is 5.95. The quantitative estimate of drug-likeness (QED) is 0.881. The van der Waals surface area contributed by atoms with Gasteiger partial charge in [-0.1, -0.05) is 34.8 Å². The molecule has 17 heavy (non-hydrogen) atoms. The van der Waals surface area contributed by atoms with Crippen LogP contribution in [-0.2, 0) is 6.42 Å². The Kier molecular flexibility index (Phi) is 3.83. The van der Waals surface area contributed by atoms with Crippen LogP contribution in [0, 0.1) is 6.92 Å². The Bertz CT molecular complexity index is 543. The number of aromatic nitrogens is 1. The van der Waals surface area contributed by atoms with Gasteiger partial charge in [0.2, 0.25) is 0 Å². The third kappa shape index (κ3) is 2.86. The monoisotopic (exact) mass is 306 g/mol. The molecule has 0 aliphatic carbocycles. The smallest absolute Gasteiger partial charge is 0.180 e. The Balaban J connectivity index is 2.39. The van der Waals surface area contributed by atoms with Gasteiger partial charge in [0, 0.05) is 26.4 Å². The van der Waals surface area contributed by atoms with Gasteiger partial charge in [-0.05, 0) is 24.6 Å². The maximum absolute atomic E-state index is 6.13. The predicted octanol–water partition coefficient (Wildman–Crippen LogP) is 4.58. The van der Waals surface area contributed by atoms with E-state index in [4.69, 9.17) is 40.5 Å². The number of hydrogen-bond donors (Lipinski definition) is 1. The highest BCUT2D eigenvalue weighted by atomic mass is 35.5. The molecule has 0 spiro atoms. The van der Waals surface area contributed by atoms with Gasteiger partial charge >= 0.3 is 0 Å². The molecular weight excluding hydrogens is 299 g/mol. The number of halogens is 3. The molecule has 2 rings (SSSR count). The van der Waals surface area contributed by atoms with Gasteiger partial charge in [0.25, 0.3) is 0 Å². The number of nitrogens with two attached hydrogens (primary N) is 1. The van der Waals surface area contributed by atoms with Crippen molar-refractivity contribution in [2.75, 3.05) is 5.73 Å². The van der Waals surface area contributed by atoms with E-state index in [0.717, 1.165) is 16.1 Å². The first-order chi connectivity index (χ1) is 7.97. The Labute approximate surface area is 118 Å². The van der Waals surface area contributed by atoms with Crippen LogP contribution in [-0.4, -0.2) is 4.98 Å². The highest BCUT2D eigenvalue weighted by Gasteiger charge is 2.12. The van der Waals surface area contributed by atoms with E-state index in [1.165, 1.54) is 11.3 Å². The predicted molar refractivity (Wildman–Crippen MR) is 75.5 cm³/mol. The molecule has 0 saturated carbocycles. The summed E-state index contributed by atoms with van der Waals surface area (Å²) in [4.78, 5) is 5.23. The van der Waals surface area contributed by atoms with E-state index < -0.39 is 0 Å². The first-order valence-electron chi connectivity index (χ1n) is 4.82. The van der Waals surface area contributed by atoms with E-state index in [-0.39, 0.29) is 0 Å². The van der Waals surface area contributed by atoms with E-state index in [9.17, 15) is 0 Å². The third-order valence-electron chi connectivity index (χ3n) is 2.35. The van der Waals surface area contributed by atoms with E-state index in [1.54, 1.807) is 12.1 Å². The Morgan fingerprint density at radius 1 is 1.24 bits per heavy atom. The van der Waals surface area contributed by atoms with Crippen LogP contribution in [0.25, 0.3) is 0 Å². The fourth-order valence-electron chi connectivity index (χ4n) is 1.52. The molecule has 0 fully saturated rings. The van der Waals surface area contributed by atoms with Crippen molar-refractivity contribution in [2.24, 2.45) is 0 Å². The molecule has 0 saturated heterocycles. The van der Waals surface area contributed by atoms with Crippen molar-refractivity contribution in [1.82, 2.24) is 4.98 Å². The number of thiazole rings is 1. The lowest BCUT2D eigenvalue weighted by Crippen LogP contribution is -1.91. The Hall–Kier alpha value is -0.480. The average molecular weight is 308 g/mol. The van der Waals surface area contributed by atoms with Crippen LogP contribution in [0.1, 0.15) is 16.1 Å². The third-order valence-corrected chi connectivity index (χ3v) is 4.23. The number of anilines is 1. The zero-order valence-electron chi connectivity index (χ0n) is 8.93. The van der Waals surface area contributed by atoms with Crippen molar-refractivity contribution in [3.63, 3.8) is 0 Å². The summed E-state index contributed by atoms with van der Waals surface area (Å²) in [6.45, 7) is 1.92. The minimum Gasteiger partial charge on any atom is -0.375 e. The Morgan fingerprint density at radius 2 is 1.82 bits per heavy atom. The largest absolute Gasteiger partial charge is 0.375 e. The molecule has 90 valence electrons. The number of aryl methyl sites for hydroxylation is 1. The summed E-state index contributed by atoms with van der Waals surface area (Å²) in [6.07, 6.45) is 0.621. The average Bonchev–Trinajstić information content (AvgIpc) is 2.51. The number of nitrogens with zero attached hydrogens (tertiary/aromatic N) is 1. The van der Waals surface area contributed by atoms with Gasteiger partial charge in [-0.2, -0.15) is 0 Å². The van der Waals surface area contributed by atoms with Gasteiger partial charge in [0.1, 0.15) is 0 Å². The summed E-state index contributed by atoms with van der Waals surface area (Å²) in [7, 11) is 0. The van der Waals surface area contributed by atoms with Crippen LogP contribution in [0.4, 0.5) is 5.13 Å². The lowest BCUT2D eigenvalue weighted by atomic mass is 10.1. The van der Waals surface area contributed by atoms with Crippen LogP contribution < -0.4 is 5.73 Å². The molecule has 2 N–H and O–H groups in total. The molecular formula is C11H9Cl3N2S. The van der Waals surface area contributed by atoms with E-state index in [1.807, 2.05) is 6.92 Å². The molecule has 0 amide bonds. The van der Waals surface area contributed by atoms with E-state index >= 15 is 0 Å². The SMILES string of the molecule is Cc1nc(N)sc1Cc1c(Cl)cc(Cl)cc1Cl. The summed E-state index contributed by atoms with van der Waals surface area (Å²) < 4.78 is 0. The first-order valence-corrected chi connectivity index (χ1v) is 6.77. The zero-order valence-corrected chi connectivity index (χ0v) is 12.0. The second-order valence-electron chi connectivity index (χ2n) is 3.59. The van der Waals surface area contributed by atoms with Crippen LogP contribution in [0.3, 0.4) is 0 Å². The van der Waals surface area contributed by atoms with Crippen molar-refractivity contribution in [1.29, 1.82) is 0 Å². The molecule has 1 heterocycles. The minimum atomic E-state index is 0.532. The van der Waals surface area contributed by atoms with E-state index in [0.29, 0.717) is 26.6 Å². The molecule has 0 radical (unpaired) electrons. The van der Waals surface area contributed by atoms with Crippen molar-refractivity contribution in [3.05, 3.63) is 43.3 Å². The molecule has 0 unspecified atom stereocenters.